The summed E-state index contributed by atoms with van der Waals surface area (Å²) in [7, 11) is 0. The normalized spacial score (nSPS) is 10.6. The third kappa shape index (κ3) is 6.09. The Kier molecular flexibility index (Phi) is 7.69. The number of anilines is 1. The minimum absolute atomic E-state index is 0.0689. The number of nitrogens with zero attached hydrogens (tertiary/aromatic N) is 2. The molecule has 0 unspecified atom stereocenters. The second kappa shape index (κ2) is 10.7. The van der Waals surface area contributed by atoms with Crippen LogP contribution in [0, 0.1) is 0 Å². The van der Waals surface area contributed by atoms with Crippen LogP contribution in [0.4, 0.5) is 5.82 Å². The van der Waals surface area contributed by atoms with Crippen LogP contribution >= 0.6 is 15.9 Å². The molecule has 3 aromatic rings. The molecule has 6 nitrogen and oxygen atoms in total. The van der Waals surface area contributed by atoms with Crippen molar-refractivity contribution in [3.8, 4) is 11.5 Å². The van der Waals surface area contributed by atoms with Crippen molar-refractivity contribution in [1.82, 2.24) is 9.78 Å². The molecule has 3 rings (SSSR count). The van der Waals surface area contributed by atoms with Crippen LogP contribution in [0.2, 0.25) is 0 Å². The predicted octanol–water partition coefficient (Wildman–Crippen LogP) is 4.89. The number of rotatable bonds is 10. The van der Waals surface area contributed by atoms with E-state index in [4.69, 9.17) is 9.47 Å². The highest BCUT2D eigenvalue weighted by Gasteiger charge is 2.10. The molecular formula is C22H24BrN3O3. The van der Waals surface area contributed by atoms with Crippen molar-refractivity contribution in [3.05, 3.63) is 70.8 Å². The standard InChI is InChI=1S/C22H24BrN3O3/c1-2-28-19-10-5-6-11-20(19)29-15-7-12-22(27)25-21-13-14-24-26(21)16-17-8-3-4-9-18(17)23/h3-6,8-11,13-14H,2,7,12,15-16H2,1H3,(H,25,27). The van der Waals surface area contributed by atoms with Crippen molar-refractivity contribution in [2.24, 2.45) is 0 Å². The number of carbonyl (C=O) groups is 1. The number of hydrogen-bond donors (Lipinski definition) is 1. The Morgan fingerprint density at radius 3 is 2.55 bits per heavy atom. The molecule has 1 heterocycles. The van der Waals surface area contributed by atoms with Crippen molar-refractivity contribution in [3.63, 3.8) is 0 Å². The lowest BCUT2D eigenvalue weighted by atomic mass is 10.2. The van der Waals surface area contributed by atoms with Gasteiger partial charge in [-0.3, -0.25) is 4.79 Å². The van der Waals surface area contributed by atoms with Crippen molar-refractivity contribution in [2.45, 2.75) is 26.3 Å². The SMILES string of the molecule is CCOc1ccccc1OCCCC(=O)Nc1ccnn1Cc1ccccc1Br. The van der Waals surface area contributed by atoms with E-state index in [2.05, 4.69) is 26.3 Å². The highest BCUT2D eigenvalue weighted by atomic mass is 79.9. The van der Waals surface area contributed by atoms with Gasteiger partial charge in [0.2, 0.25) is 5.91 Å². The molecule has 1 aromatic heterocycles. The molecule has 152 valence electrons. The monoisotopic (exact) mass is 457 g/mol. The van der Waals surface area contributed by atoms with Crippen LogP contribution in [0.5, 0.6) is 11.5 Å². The Hall–Kier alpha value is -2.80. The highest BCUT2D eigenvalue weighted by Crippen LogP contribution is 2.26. The van der Waals surface area contributed by atoms with Gasteiger partial charge in [0, 0.05) is 17.0 Å². The molecule has 0 fully saturated rings. The van der Waals surface area contributed by atoms with Crippen LogP contribution in [0.15, 0.2) is 65.3 Å². The number of carbonyl (C=O) groups excluding carboxylic acids is 1. The highest BCUT2D eigenvalue weighted by molar-refractivity contribution is 9.10. The molecule has 0 bridgehead atoms. The number of nitrogens with one attached hydrogen (secondary N) is 1. The van der Waals surface area contributed by atoms with Gasteiger partial charge in [-0.25, -0.2) is 4.68 Å². The fraction of sp³-hybridized carbons (Fsp3) is 0.273. The second-order valence-electron chi connectivity index (χ2n) is 6.35. The molecule has 0 saturated carbocycles. The minimum atomic E-state index is -0.0689. The van der Waals surface area contributed by atoms with E-state index in [0.29, 0.717) is 44.2 Å². The van der Waals surface area contributed by atoms with E-state index in [1.54, 1.807) is 16.9 Å². The van der Waals surface area contributed by atoms with Gasteiger partial charge >= 0.3 is 0 Å². The lowest BCUT2D eigenvalue weighted by Gasteiger charge is -2.12. The maximum absolute atomic E-state index is 12.3. The van der Waals surface area contributed by atoms with Crippen molar-refractivity contribution in [1.29, 1.82) is 0 Å². The fourth-order valence-corrected chi connectivity index (χ4v) is 3.23. The maximum Gasteiger partial charge on any atom is 0.225 e. The molecule has 0 aliphatic carbocycles. The Morgan fingerprint density at radius 1 is 1.07 bits per heavy atom. The second-order valence-corrected chi connectivity index (χ2v) is 7.20. The zero-order chi connectivity index (χ0) is 20.5. The number of halogens is 1. The van der Waals surface area contributed by atoms with E-state index in [1.807, 2.05) is 55.5 Å². The fourth-order valence-electron chi connectivity index (χ4n) is 2.82. The van der Waals surface area contributed by atoms with Gasteiger partial charge in [-0.1, -0.05) is 46.3 Å². The minimum Gasteiger partial charge on any atom is -0.490 e. The summed E-state index contributed by atoms with van der Waals surface area (Å²) in [5.41, 5.74) is 1.09. The van der Waals surface area contributed by atoms with E-state index < -0.39 is 0 Å². The summed E-state index contributed by atoms with van der Waals surface area (Å²) in [4.78, 5) is 12.3. The molecule has 0 aliphatic rings. The van der Waals surface area contributed by atoms with Crippen LogP contribution in [0.3, 0.4) is 0 Å². The smallest absolute Gasteiger partial charge is 0.225 e. The zero-order valence-corrected chi connectivity index (χ0v) is 17.9. The first-order valence-electron chi connectivity index (χ1n) is 9.57. The first-order chi connectivity index (χ1) is 14.2. The Balaban J connectivity index is 1.47. The van der Waals surface area contributed by atoms with Crippen LogP contribution in [-0.4, -0.2) is 28.9 Å². The van der Waals surface area contributed by atoms with Gasteiger partial charge < -0.3 is 14.8 Å². The topological polar surface area (TPSA) is 65.4 Å². The van der Waals surface area contributed by atoms with Crippen LogP contribution in [0.25, 0.3) is 0 Å². The lowest BCUT2D eigenvalue weighted by Crippen LogP contribution is -2.16. The summed E-state index contributed by atoms with van der Waals surface area (Å²) in [5, 5.41) is 7.24. The van der Waals surface area contributed by atoms with Gasteiger partial charge in [0.1, 0.15) is 5.82 Å². The number of para-hydroxylation sites is 2. The quantitative estimate of drug-likeness (QED) is 0.440. The molecule has 7 heteroatoms. The molecule has 29 heavy (non-hydrogen) atoms. The number of aromatic nitrogens is 2. The average Bonchev–Trinajstić information content (AvgIpc) is 3.15. The summed E-state index contributed by atoms with van der Waals surface area (Å²) >= 11 is 3.54. The van der Waals surface area contributed by atoms with E-state index in [1.165, 1.54) is 0 Å². The Bertz CT molecular complexity index is 942. The van der Waals surface area contributed by atoms with Gasteiger partial charge in [-0.05, 0) is 37.1 Å². The third-order valence-electron chi connectivity index (χ3n) is 4.22. The van der Waals surface area contributed by atoms with E-state index in [0.717, 1.165) is 15.8 Å². The summed E-state index contributed by atoms with van der Waals surface area (Å²) in [6.45, 7) is 3.52. The number of amides is 1. The number of ether oxygens (including phenoxy) is 2. The van der Waals surface area contributed by atoms with Crippen LogP contribution < -0.4 is 14.8 Å². The molecule has 0 atom stereocenters. The number of hydrogen-bond acceptors (Lipinski definition) is 4. The van der Waals surface area contributed by atoms with E-state index >= 15 is 0 Å². The molecule has 0 spiro atoms. The molecule has 0 saturated heterocycles. The molecule has 0 radical (unpaired) electrons. The van der Waals surface area contributed by atoms with Crippen LogP contribution in [0.1, 0.15) is 25.3 Å². The first-order valence-corrected chi connectivity index (χ1v) is 10.4. The van der Waals surface area contributed by atoms with Crippen molar-refractivity contribution < 1.29 is 14.3 Å². The molecule has 1 amide bonds. The summed E-state index contributed by atoms with van der Waals surface area (Å²) in [6.07, 6.45) is 2.64. The zero-order valence-electron chi connectivity index (χ0n) is 16.3. The Morgan fingerprint density at radius 2 is 1.79 bits per heavy atom. The summed E-state index contributed by atoms with van der Waals surface area (Å²) in [5.74, 6) is 2.02. The van der Waals surface area contributed by atoms with Gasteiger partial charge in [0.25, 0.3) is 0 Å². The Labute approximate surface area is 179 Å². The molecule has 0 aliphatic heterocycles. The van der Waals surface area contributed by atoms with Gasteiger partial charge in [-0.15, -0.1) is 0 Å². The van der Waals surface area contributed by atoms with E-state index in [9.17, 15) is 4.79 Å². The largest absolute Gasteiger partial charge is 0.490 e. The van der Waals surface area contributed by atoms with Gasteiger partial charge in [-0.2, -0.15) is 5.10 Å². The van der Waals surface area contributed by atoms with Gasteiger partial charge in [0.05, 0.1) is 26.0 Å². The summed E-state index contributed by atoms with van der Waals surface area (Å²) < 4.78 is 14.1. The molecule has 1 N–H and O–H groups in total. The van der Waals surface area contributed by atoms with Crippen molar-refractivity contribution in [2.75, 3.05) is 18.5 Å². The van der Waals surface area contributed by atoms with Crippen LogP contribution in [-0.2, 0) is 11.3 Å². The molecular weight excluding hydrogens is 434 g/mol. The first kappa shape index (κ1) is 20.9. The number of benzene rings is 2. The average molecular weight is 458 g/mol. The predicted molar refractivity (Wildman–Crippen MR) is 116 cm³/mol. The maximum atomic E-state index is 12.3. The molecule has 2 aromatic carbocycles. The van der Waals surface area contributed by atoms with E-state index in [-0.39, 0.29) is 5.91 Å². The van der Waals surface area contributed by atoms with Gasteiger partial charge in [0.15, 0.2) is 11.5 Å². The third-order valence-corrected chi connectivity index (χ3v) is 4.99. The lowest BCUT2D eigenvalue weighted by molar-refractivity contribution is -0.116. The van der Waals surface area contributed by atoms with Crippen molar-refractivity contribution >= 4 is 27.7 Å². The summed E-state index contributed by atoms with van der Waals surface area (Å²) in [6, 6.07) is 17.3.